The van der Waals surface area contributed by atoms with Gasteiger partial charge in [-0.3, -0.25) is 0 Å². The zero-order valence-electron chi connectivity index (χ0n) is 12.0. The van der Waals surface area contributed by atoms with Crippen LogP contribution in [0.4, 0.5) is 11.6 Å². The topological polar surface area (TPSA) is 84.1 Å². The maximum Gasteiger partial charge on any atom is 0.138 e. The molecule has 0 atom stereocenters. The minimum atomic E-state index is -0.240. The molecule has 1 aliphatic carbocycles. The number of hydrogen-bond acceptors (Lipinski definition) is 5. The Labute approximate surface area is 114 Å². The van der Waals surface area contributed by atoms with E-state index in [0.717, 1.165) is 31.5 Å². The Kier molecular flexibility index (Phi) is 3.67. The summed E-state index contributed by atoms with van der Waals surface area (Å²) in [5.41, 5.74) is 5.48. The van der Waals surface area contributed by atoms with Gasteiger partial charge in [-0.05, 0) is 12.8 Å². The van der Waals surface area contributed by atoms with Crippen molar-refractivity contribution in [3.05, 3.63) is 11.9 Å². The number of rotatable bonds is 3. The molecule has 1 aliphatic rings. The molecule has 4 N–H and O–H groups in total. The molecule has 0 unspecified atom stereocenters. The van der Waals surface area contributed by atoms with Crippen LogP contribution in [0.3, 0.4) is 0 Å². The zero-order valence-corrected chi connectivity index (χ0v) is 12.0. The van der Waals surface area contributed by atoms with E-state index in [1.54, 1.807) is 6.07 Å². The van der Waals surface area contributed by atoms with Crippen molar-refractivity contribution in [3.63, 3.8) is 0 Å². The van der Waals surface area contributed by atoms with E-state index in [4.69, 9.17) is 5.73 Å². The van der Waals surface area contributed by atoms with Gasteiger partial charge in [-0.25, -0.2) is 9.97 Å². The van der Waals surface area contributed by atoms with Crippen molar-refractivity contribution in [1.82, 2.24) is 9.97 Å². The van der Waals surface area contributed by atoms with Crippen LogP contribution in [0.1, 0.15) is 52.3 Å². The monoisotopic (exact) mass is 264 g/mol. The second-order valence-electron chi connectivity index (χ2n) is 6.52. The predicted octanol–water partition coefficient (Wildman–Crippen LogP) is 2.07. The predicted molar refractivity (Wildman–Crippen MR) is 77.1 cm³/mol. The summed E-state index contributed by atoms with van der Waals surface area (Å²) in [6.07, 6.45) is 4.22. The molecular formula is C14H24N4O. The second kappa shape index (κ2) is 4.96. The van der Waals surface area contributed by atoms with Gasteiger partial charge in [0.2, 0.25) is 0 Å². The second-order valence-corrected chi connectivity index (χ2v) is 6.52. The van der Waals surface area contributed by atoms with E-state index in [0.29, 0.717) is 11.6 Å². The molecular weight excluding hydrogens is 240 g/mol. The fraction of sp³-hybridized carbons (Fsp3) is 0.714. The number of aliphatic hydroxyl groups is 1. The molecule has 5 nitrogen and oxygen atoms in total. The van der Waals surface area contributed by atoms with Crippen LogP contribution in [0.15, 0.2) is 6.07 Å². The third-order valence-electron chi connectivity index (χ3n) is 3.67. The first-order valence-corrected chi connectivity index (χ1v) is 6.89. The minimum absolute atomic E-state index is 0.127. The van der Waals surface area contributed by atoms with E-state index >= 15 is 0 Å². The van der Waals surface area contributed by atoms with Crippen molar-refractivity contribution < 1.29 is 5.11 Å². The van der Waals surface area contributed by atoms with Crippen LogP contribution in [0.5, 0.6) is 0 Å². The van der Waals surface area contributed by atoms with E-state index < -0.39 is 0 Å². The number of nitrogens with zero attached hydrogens (tertiary/aromatic N) is 2. The number of aliphatic hydroxyl groups excluding tert-OH is 1. The molecule has 1 fully saturated rings. The third-order valence-corrected chi connectivity index (χ3v) is 3.67. The van der Waals surface area contributed by atoms with Crippen LogP contribution in [0.25, 0.3) is 0 Å². The summed E-state index contributed by atoms with van der Waals surface area (Å²) in [6, 6.07) is 1.74. The van der Waals surface area contributed by atoms with E-state index in [1.165, 1.54) is 0 Å². The Morgan fingerprint density at radius 3 is 2.47 bits per heavy atom. The molecule has 2 rings (SSSR count). The highest BCUT2D eigenvalue weighted by Crippen LogP contribution is 2.33. The van der Waals surface area contributed by atoms with Gasteiger partial charge in [-0.1, -0.05) is 33.6 Å². The van der Waals surface area contributed by atoms with Crippen molar-refractivity contribution in [2.75, 3.05) is 17.7 Å². The van der Waals surface area contributed by atoms with Crippen molar-refractivity contribution in [2.45, 2.75) is 57.4 Å². The van der Waals surface area contributed by atoms with Crippen molar-refractivity contribution in [1.29, 1.82) is 0 Å². The van der Waals surface area contributed by atoms with Crippen LogP contribution in [0, 0.1) is 0 Å². The van der Waals surface area contributed by atoms with Crippen molar-refractivity contribution in [2.24, 2.45) is 0 Å². The summed E-state index contributed by atoms with van der Waals surface area (Å²) in [5, 5.41) is 13.0. The number of nitrogens with one attached hydrogen (secondary N) is 1. The molecule has 0 saturated heterocycles. The average Bonchev–Trinajstić information content (AvgIpc) is 2.76. The first kappa shape index (κ1) is 14.1. The molecule has 0 spiro atoms. The molecule has 0 amide bonds. The maximum atomic E-state index is 9.64. The molecule has 1 aromatic rings. The molecule has 1 saturated carbocycles. The van der Waals surface area contributed by atoms with Crippen LogP contribution >= 0.6 is 0 Å². The van der Waals surface area contributed by atoms with Gasteiger partial charge in [-0.2, -0.15) is 0 Å². The van der Waals surface area contributed by atoms with E-state index in [9.17, 15) is 5.11 Å². The SMILES string of the molecule is CC(C)(C)c1nc(N)cc(NC2(CO)CCCC2)n1. The summed E-state index contributed by atoms with van der Waals surface area (Å²) in [7, 11) is 0. The van der Waals surface area contributed by atoms with Crippen LogP contribution in [-0.2, 0) is 5.41 Å². The van der Waals surface area contributed by atoms with E-state index in [2.05, 4.69) is 36.1 Å². The fourth-order valence-corrected chi connectivity index (χ4v) is 2.51. The zero-order chi connectivity index (χ0) is 14.1. The van der Waals surface area contributed by atoms with Crippen molar-refractivity contribution >= 4 is 11.6 Å². The Balaban J connectivity index is 2.27. The minimum Gasteiger partial charge on any atom is -0.394 e. The Bertz CT molecular complexity index is 447. The highest BCUT2D eigenvalue weighted by atomic mass is 16.3. The quantitative estimate of drug-likeness (QED) is 0.778. The van der Waals surface area contributed by atoms with Gasteiger partial charge < -0.3 is 16.2 Å². The van der Waals surface area contributed by atoms with Gasteiger partial charge in [-0.15, -0.1) is 0 Å². The summed E-state index contributed by atoms with van der Waals surface area (Å²) in [6.45, 7) is 6.30. The van der Waals surface area contributed by atoms with Crippen LogP contribution < -0.4 is 11.1 Å². The Morgan fingerprint density at radius 2 is 1.95 bits per heavy atom. The Morgan fingerprint density at radius 1 is 1.32 bits per heavy atom. The molecule has 0 aromatic carbocycles. The number of aromatic nitrogens is 2. The molecule has 0 aliphatic heterocycles. The lowest BCUT2D eigenvalue weighted by Crippen LogP contribution is -2.39. The number of anilines is 2. The number of hydrogen-bond donors (Lipinski definition) is 3. The highest BCUT2D eigenvalue weighted by Gasteiger charge is 2.33. The van der Waals surface area contributed by atoms with E-state index in [-0.39, 0.29) is 17.6 Å². The van der Waals surface area contributed by atoms with Crippen LogP contribution in [-0.4, -0.2) is 27.2 Å². The molecule has 0 bridgehead atoms. The smallest absolute Gasteiger partial charge is 0.138 e. The molecule has 19 heavy (non-hydrogen) atoms. The maximum absolute atomic E-state index is 9.64. The fourth-order valence-electron chi connectivity index (χ4n) is 2.51. The summed E-state index contributed by atoms with van der Waals surface area (Å²) >= 11 is 0. The van der Waals surface area contributed by atoms with E-state index in [1.807, 2.05) is 0 Å². The lowest BCUT2D eigenvalue weighted by atomic mass is 9.95. The largest absolute Gasteiger partial charge is 0.394 e. The van der Waals surface area contributed by atoms with Gasteiger partial charge in [0.25, 0.3) is 0 Å². The van der Waals surface area contributed by atoms with Crippen LogP contribution in [0.2, 0.25) is 0 Å². The lowest BCUT2D eigenvalue weighted by molar-refractivity contribution is 0.213. The van der Waals surface area contributed by atoms with Crippen molar-refractivity contribution in [3.8, 4) is 0 Å². The first-order chi connectivity index (χ1) is 8.85. The normalized spacial score (nSPS) is 18.5. The molecule has 1 heterocycles. The summed E-state index contributed by atoms with van der Waals surface area (Å²) < 4.78 is 0. The third kappa shape index (κ3) is 3.15. The first-order valence-electron chi connectivity index (χ1n) is 6.89. The highest BCUT2D eigenvalue weighted by molar-refractivity contribution is 5.47. The van der Waals surface area contributed by atoms with Gasteiger partial charge in [0.05, 0.1) is 12.1 Å². The lowest BCUT2D eigenvalue weighted by Gasteiger charge is -2.29. The summed E-state index contributed by atoms with van der Waals surface area (Å²) in [4.78, 5) is 8.84. The molecule has 1 aromatic heterocycles. The van der Waals surface area contributed by atoms with Gasteiger partial charge in [0.1, 0.15) is 17.5 Å². The standard InChI is InChI=1S/C14H24N4O/c1-13(2,3)12-16-10(15)8-11(17-12)18-14(9-19)6-4-5-7-14/h8,19H,4-7,9H2,1-3H3,(H3,15,16,17,18). The average molecular weight is 264 g/mol. The Hall–Kier alpha value is -1.36. The molecule has 106 valence electrons. The van der Waals surface area contributed by atoms with Gasteiger partial charge >= 0.3 is 0 Å². The summed E-state index contributed by atoms with van der Waals surface area (Å²) in [5.74, 6) is 1.91. The number of nitrogens with two attached hydrogens (primary N) is 1. The van der Waals surface area contributed by atoms with Gasteiger partial charge in [0, 0.05) is 11.5 Å². The molecule has 5 heteroatoms. The molecule has 0 radical (unpaired) electrons. The van der Waals surface area contributed by atoms with Gasteiger partial charge in [0.15, 0.2) is 0 Å². The number of nitrogen functional groups attached to an aromatic ring is 1.